The lowest BCUT2D eigenvalue weighted by atomic mass is 9.82. The van der Waals surface area contributed by atoms with Gasteiger partial charge in [0.25, 0.3) is 0 Å². The second-order valence-electron chi connectivity index (χ2n) is 15.8. The Hall–Kier alpha value is -7.56. The van der Waals surface area contributed by atoms with Gasteiger partial charge in [-0.2, -0.15) is 0 Å². The average Bonchev–Trinajstić information content (AvgIpc) is 3.54. The fraction of sp³-hybridized carbons (Fsp3) is 0.0545. The fourth-order valence-corrected chi connectivity index (χ4v) is 8.75. The summed E-state index contributed by atoms with van der Waals surface area (Å²) in [6.07, 6.45) is 0. The van der Waals surface area contributed by atoms with Crippen LogP contribution in [0.5, 0.6) is 23.0 Å². The number of fused-ring (bicyclic) bond motifs is 6. The topological polar surface area (TPSA) is 44.2 Å². The van der Waals surface area contributed by atoms with Gasteiger partial charge in [0.1, 0.15) is 0 Å². The van der Waals surface area contributed by atoms with E-state index in [9.17, 15) is 0 Å². The first-order valence-corrected chi connectivity index (χ1v) is 20.1. The van der Waals surface area contributed by atoms with Gasteiger partial charge in [0.05, 0.1) is 11.4 Å². The number of benzene rings is 8. The Labute approximate surface area is 344 Å². The van der Waals surface area contributed by atoms with Crippen LogP contribution in [0.3, 0.4) is 0 Å². The van der Waals surface area contributed by atoms with Crippen LogP contribution in [0.4, 0.5) is 0 Å². The van der Waals surface area contributed by atoms with Crippen LogP contribution < -0.4 is 9.47 Å². The molecule has 8 aromatic carbocycles. The van der Waals surface area contributed by atoms with Crippen LogP contribution in [0.2, 0.25) is 0 Å². The Kier molecular flexibility index (Phi) is 8.12. The summed E-state index contributed by atoms with van der Waals surface area (Å²) in [6, 6.07) is 67.6. The van der Waals surface area contributed by atoms with Gasteiger partial charge in [-0.1, -0.05) is 172 Å². The molecule has 1 aromatic heterocycles. The normalized spacial score (nSPS) is 13.0. The monoisotopic (exact) mass is 758 g/mol. The van der Waals surface area contributed by atoms with Gasteiger partial charge in [-0.25, -0.2) is 9.97 Å². The standard InChI is InChI=1S/C55H38N2O2/c1-55(2)45-27-10-9-25-44(45)51-46(55)29-30-50-53(51)59-52-43(26-14-28-49(52)58-50)39-21-13-24-42(33-39)54-56-47(40-22-11-19-37(31-40)35-15-5-3-6-16-35)34-48(57-54)41-23-12-20-38(32-41)36-17-7-4-8-18-36/h3-34H,1-2H3. The molecule has 0 radical (unpaired) electrons. The number of aromatic nitrogens is 2. The molecule has 0 amide bonds. The molecule has 0 unspecified atom stereocenters. The van der Waals surface area contributed by atoms with E-state index in [2.05, 4.69) is 178 Å². The maximum Gasteiger partial charge on any atom is 0.178 e. The zero-order chi connectivity index (χ0) is 39.5. The Morgan fingerprint density at radius 1 is 0.356 bits per heavy atom. The van der Waals surface area contributed by atoms with Crippen molar-refractivity contribution in [3.63, 3.8) is 0 Å². The molecule has 1 aliphatic carbocycles. The van der Waals surface area contributed by atoms with E-state index >= 15 is 0 Å². The third-order valence-corrected chi connectivity index (χ3v) is 11.8. The Balaban J connectivity index is 1.03. The van der Waals surface area contributed by atoms with Crippen molar-refractivity contribution in [3.05, 3.63) is 205 Å². The SMILES string of the molecule is CC1(C)c2ccccc2-c2c1ccc1c2Oc2c(cccc2-c2cccc(-c3nc(-c4cccc(-c5ccccc5)c4)cc(-c4cccc(-c5ccccc5)c4)n3)c2)O1. The van der Waals surface area contributed by atoms with E-state index in [0.717, 1.165) is 78.5 Å². The number of rotatable bonds is 6. The van der Waals surface area contributed by atoms with Crippen LogP contribution in [-0.2, 0) is 5.41 Å². The van der Waals surface area contributed by atoms with Crippen molar-refractivity contribution in [2.24, 2.45) is 0 Å². The average molecular weight is 759 g/mol. The maximum absolute atomic E-state index is 6.99. The molecule has 0 spiro atoms. The molecule has 0 fully saturated rings. The quantitative estimate of drug-likeness (QED) is 0.169. The number of hydrogen-bond donors (Lipinski definition) is 0. The first-order valence-electron chi connectivity index (χ1n) is 20.1. The molecular formula is C55H38N2O2. The molecule has 59 heavy (non-hydrogen) atoms. The van der Waals surface area contributed by atoms with E-state index in [1.165, 1.54) is 16.7 Å². The lowest BCUT2D eigenvalue weighted by Crippen LogP contribution is -2.15. The molecule has 2 heterocycles. The minimum Gasteiger partial charge on any atom is -0.449 e. The minimum atomic E-state index is -0.155. The molecule has 0 saturated carbocycles. The molecule has 4 nitrogen and oxygen atoms in total. The smallest absolute Gasteiger partial charge is 0.178 e. The third-order valence-electron chi connectivity index (χ3n) is 11.8. The van der Waals surface area contributed by atoms with Crippen molar-refractivity contribution in [2.75, 3.05) is 0 Å². The summed E-state index contributed by atoms with van der Waals surface area (Å²) >= 11 is 0. The first-order chi connectivity index (χ1) is 29.0. The molecule has 4 heteroatoms. The summed E-state index contributed by atoms with van der Waals surface area (Å²) in [7, 11) is 0. The Bertz CT molecular complexity index is 2980. The molecule has 0 N–H and O–H groups in total. The molecule has 0 atom stereocenters. The molecule has 0 bridgehead atoms. The lowest BCUT2D eigenvalue weighted by Gasteiger charge is -2.26. The van der Waals surface area contributed by atoms with Gasteiger partial charge in [-0.05, 0) is 80.9 Å². The highest BCUT2D eigenvalue weighted by Gasteiger charge is 2.39. The molecule has 280 valence electrons. The number of ether oxygens (including phenoxy) is 2. The van der Waals surface area contributed by atoms with E-state index in [1.807, 2.05) is 30.3 Å². The van der Waals surface area contributed by atoms with Gasteiger partial charge < -0.3 is 9.47 Å². The van der Waals surface area contributed by atoms with Crippen molar-refractivity contribution in [1.82, 2.24) is 9.97 Å². The molecule has 11 rings (SSSR count). The van der Waals surface area contributed by atoms with Gasteiger partial charge in [0.2, 0.25) is 0 Å². The first kappa shape index (κ1) is 34.7. The van der Waals surface area contributed by atoms with E-state index < -0.39 is 0 Å². The van der Waals surface area contributed by atoms with Gasteiger partial charge in [-0.15, -0.1) is 0 Å². The Morgan fingerprint density at radius 2 is 0.864 bits per heavy atom. The van der Waals surface area contributed by atoms with Crippen LogP contribution in [-0.4, -0.2) is 9.97 Å². The van der Waals surface area contributed by atoms with E-state index in [4.69, 9.17) is 19.4 Å². The highest BCUT2D eigenvalue weighted by Crippen LogP contribution is 2.59. The highest BCUT2D eigenvalue weighted by atomic mass is 16.6. The van der Waals surface area contributed by atoms with Gasteiger partial charge >= 0.3 is 0 Å². The van der Waals surface area contributed by atoms with Crippen molar-refractivity contribution in [2.45, 2.75) is 19.3 Å². The van der Waals surface area contributed by atoms with Gasteiger partial charge in [0.15, 0.2) is 28.8 Å². The van der Waals surface area contributed by atoms with Crippen LogP contribution in [0, 0.1) is 0 Å². The minimum absolute atomic E-state index is 0.155. The highest BCUT2D eigenvalue weighted by molar-refractivity contribution is 5.89. The Morgan fingerprint density at radius 3 is 1.54 bits per heavy atom. The van der Waals surface area contributed by atoms with Crippen molar-refractivity contribution in [3.8, 4) is 101 Å². The lowest BCUT2D eigenvalue weighted by molar-refractivity contribution is 0.361. The summed E-state index contributed by atoms with van der Waals surface area (Å²) in [5.74, 6) is 3.49. The van der Waals surface area contributed by atoms with E-state index in [0.29, 0.717) is 17.3 Å². The predicted molar refractivity (Wildman–Crippen MR) is 239 cm³/mol. The van der Waals surface area contributed by atoms with E-state index in [-0.39, 0.29) is 5.41 Å². The maximum atomic E-state index is 6.99. The zero-order valence-electron chi connectivity index (χ0n) is 32.7. The molecule has 0 saturated heterocycles. The second kappa shape index (κ2) is 13.8. The molecule has 1 aliphatic heterocycles. The summed E-state index contributed by atoms with van der Waals surface area (Å²) in [5, 5.41) is 0. The summed E-state index contributed by atoms with van der Waals surface area (Å²) in [5.41, 5.74) is 15.8. The predicted octanol–water partition coefficient (Wildman–Crippen LogP) is 14.7. The number of nitrogens with zero attached hydrogens (tertiary/aromatic N) is 2. The van der Waals surface area contributed by atoms with Crippen LogP contribution >= 0.6 is 0 Å². The van der Waals surface area contributed by atoms with Crippen molar-refractivity contribution in [1.29, 1.82) is 0 Å². The third kappa shape index (κ3) is 6.00. The van der Waals surface area contributed by atoms with Crippen LogP contribution in [0.25, 0.3) is 78.4 Å². The zero-order valence-corrected chi connectivity index (χ0v) is 32.7. The second-order valence-corrected chi connectivity index (χ2v) is 15.8. The van der Waals surface area contributed by atoms with Crippen molar-refractivity contribution >= 4 is 0 Å². The number of para-hydroxylation sites is 1. The van der Waals surface area contributed by atoms with Crippen LogP contribution in [0.1, 0.15) is 25.0 Å². The summed E-state index contributed by atoms with van der Waals surface area (Å²) in [6.45, 7) is 4.56. The fourth-order valence-electron chi connectivity index (χ4n) is 8.75. The summed E-state index contributed by atoms with van der Waals surface area (Å²) in [4.78, 5) is 10.5. The van der Waals surface area contributed by atoms with Gasteiger partial charge in [-0.3, -0.25) is 0 Å². The molecular weight excluding hydrogens is 721 g/mol. The molecule has 9 aromatic rings. The summed E-state index contributed by atoms with van der Waals surface area (Å²) < 4.78 is 13.6. The van der Waals surface area contributed by atoms with E-state index in [1.54, 1.807) is 0 Å². The van der Waals surface area contributed by atoms with Crippen molar-refractivity contribution < 1.29 is 9.47 Å². The van der Waals surface area contributed by atoms with Crippen LogP contribution in [0.15, 0.2) is 194 Å². The number of hydrogen-bond acceptors (Lipinski definition) is 4. The van der Waals surface area contributed by atoms with Gasteiger partial charge in [0, 0.05) is 33.2 Å². The largest absolute Gasteiger partial charge is 0.449 e. The molecule has 2 aliphatic rings.